The number of benzene rings is 1. The van der Waals surface area contributed by atoms with E-state index >= 15 is 0 Å². The highest BCUT2D eigenvalue weighted by molar-refractivity contribution is 8.72. The van der Waals surface area contributed by atoms with Crippen LogP contribution < -0.4 is 0 Å². The Morgan fingerprint density at radius 2 is 1.73 bits per heavy atom. The molecular formula is C6H5Cl2OPS. The molecule has 0 atom stereocenters. The number of rotatable bonds is 2. The molecule has 0 heterocycles. The van der Waals surface area contributed by atoms with E-state index in [1.165, 1.54) is 0 Å². The van der Waals surface area contributed by atoms with E-state index in [-0.39, 0.29) is 0 Å². The van der Waals surface area contributed by atoms with Crippen LogP contribution in [0.25, 0.3) is 0 Å². The highest BCUT2D eigenvalue weighted by Crippen LogP contribution is 2.70. The predicted molar refractivity (Wildman–Crippen MR) is 51.6 cm³/mol. The van der Waals surface area contributed by atoms with Gasteiger partial charge in [0.15, 0.2) is 0 Å². The minimum Gasteiger partial charge on any atom is -0.277 e. The van der Waals surface area contributed by atoms with Gasteiger partial charge >= 0.3 is 5.05 Å². The standard InChI is InChI=1S/C6H5Cl2OPS/c7-10(8,9)11-6-4-2-1-3-5-6/h1-5H. The molecule has 5 heteroatoms. The third-order valence-electron chi connectivity index (χ3n) is 0.955. The first-order chi connectivity index (χ1) is 5.08. The van der Waals surface area contributed by atoms with Crippen molar-refractivity contribution in [2.24, 2.45) is 0 Å². The van der Waals surface area contributed by atoms with Crippen molar-refractivity contribution < 1.29 is 4.57 Å². The lowest BCUT2D eigenvalue weighted by atomic mass is 10.4. The van der Waals surface area contributed by atoms with E-state index in [9.17, 15) is 4.57 Å². The Kier molecular flexibility index (Phi) is 3.32. The molecule has 1 rings (SSSR count). The Bertz CT molecular complexity index is 271. The predicted octanol–water partition coefficient (Wildman–Crippen LogP) is 4.36. The SMILES string of the molecule is O=P(Cl)(Cl)Sc1ccccc1. The van der Waals surface area contributed by atoms with Crippen LogP contribution in [0.5, 0.6) is 0 Å². The van der Waals surface area contributed by atoms with Gasteiger partial charge in [-0.15, -0.1) is 0 Å². The maximum atomic E-state index is 10.9. The van der Waals surface area contributed by atoms with Crippen LogP contribution in [-0.4, -0.2) is 0 Å². The number of hydrogen-bond acceptors (Lipinski definition) is 2. The Balaban J connectivity index is 2.74. The molecule has 0 aliphatic heterocycles. The Hall–Kier alpha value is 0.380. The van der Waals surface area contributed by atoms with Gasteiger partial charge in [-0.1, -0.05) is 18.2 Å². The number of hydrogen-bond donors (Lipinski definition) is 0. The Morgan fingerprint density at radius 3 is 2.18 bits per heavy atom. The minimum atomic E-state index is -3.03. The van der Waals surface area contributed by atoms with Crippen molar-refractivity contribution in [2.75, 3.05) is 0 Å². The first-order valence-electron chi connectivity index (χ1n) is 2.82. The molecule has 11 heavy (non-hydrogen) atoms. The van der Waals surface area contributed by atoms with E-state index in [1.807, 2.05) is 30.3 Å². The molecule has 0 aliphatic carbocycles. The van der Waals surface area contributed by atoms with Gasteiger partial charge in [-0.3, -0.25) is 4.57 Å². The molecule has 0 amide bonds. The maximum absolute atomic E-state index is 10.9. The zero-order valence-electron chi connectivity index (χ0n) is 5.41. The molecule has 1 nitrogen and oxygen atoms in total. The van der Waals surface area contributed by atoms with Gasteiger partial charge in [0.25, 0.3) is 0 Å². The smallest absolute Gasteiger partial charge is 0.277 e. The van der Waals surface area contributed by atoms with Crippen LogP contribution in [0, 0.1) is 0 Å². The van der Waals surface area contributed by atoms with Gasteiger partial charge < -0.3 is 0 Å². The molecule has 0 bridgehead atoms. The lowest BCUT2D eigenvalue weighted by molar-refractivity contribution is 0.600. The summed E-state index contributed by atoms with van der Waals surface area (Å²) in [4.78, 5) is 0.820. The van der Waals surface area contributed by atoms with Crippen molar-refractivity contribution >= 4 is 38.9 Å². The molecule has 1 aromatic rings. The fourth-order valence-corrected chi connectivity index (χ4v) is 3.66. The monoisotopic (exact) mass is 226 g/mol. The van der Waals surface area contributed by atoms with Crippen LogP contribution >= 0.6 is 38.9 Å². The summed E-state index contributed by atoms with van der Waals surface area (Å²) < 4.78 is 10.9. The van der Waals surface area contributed by atoms with Crippen molar-refractivity contribution in [3.63, 3.8) is 0 Å². The average molecular weight is 227 g/mol. The van der Waals surface area contributed by atoms with E-state index in [1.54, 1.807) is 0 Å². The molecule has 0 radical (unpaired) electrons. The Morgan fingerprint density at radius 1 is 1.18 bits per heavy atom. The van der Waals surface area contributed by atoms with E-state index in [0.29, 0.717) is 0 Å². The molecule has 0 aliphatic rings. The molecule has 0 unspecified atom stereocenters. The highest BCUT2D eigenvalue weighted by Gasteiger charge is 2.14. The highest BCUT2D eigenvalue weighted by atomic mass is 35.9. The zero-order chi connectivity index (χ0) is 8.32. The zero-order valence-corrected chi connectivity index (χ0v) is 8.63. The van der Waals surface area contributed by atoms with E-state index in [2.05, 4.69) is 0 Å². The van der Waals surface area contributed by atoms with Gasteiger partial charge in [-0.25, -0.2) is 0 Å². The Labute approximate surface area is 78.8 Å². The third-order valence-corrected chi connectivity index (χ3v) is 4.16. The molecule has 0 spiro atoms. The summed E-state index contributed by atoms with van der Waals surface area (Å²) in [5.74, 6) is 0. The normalized spacial score (nSPS) is 11.5. The molecule has 0 N–H and O–H groups in total. The molecule has 0 saturated carbocycles. The molecule has 0 aromatic heterocycles. The first kappa shape index (κ1) is 9.47. The van der Waals surface area contributed by atoms with Crippen LogP contribution in [0.4, 0.5) is 0 Å². The molecular weight excluding hydrogens is 222 g/mol. The molecule has 1 aromatic carbocycles. The summed E-state index contributed by atoms with van der Waals surface area (Å²) >= 11 is 11.7. The van der Waals surface area contributed by atoms with E-state index in [4.69, 9.17) is 22.5 Å². The van der Waals surface area contributed by atoms with Crippen LogP contribution in [0.1, 0.15) is 0 Å². The summed E-state index contributed by atoms with van der Waals surface area (Å²) in [6.07, 6.45) is 0. The van der Waals surface area contributed by atoms with Gasteiger partial charge in [-0.05, 0) is 46.0 Å². The second kappa shape index (κ2) is 3.86. The largest absolute Gasteiger partial charge is 0.311 e. The number of halogens is 2. The van der Waals surface area contributed by atoms with Crippen LogP contribution in [-0.2, 0) is 4.57 Å². The summed E-state index contributed by atoms with van der Waals surface area (Å²) in [6, 6.07) is 9.17. The summed E-state index contributed by atoms with van der Waals surface area (Å²) in [5.41, 5.74) is 0. The van der Waals surface area contributed by atoms with Crippen LogP contribution in [0.2, 0.25) is 0 Å². The maximum Gasteiger partial charge on any atom is 0.311 e. The fourth-order valence-electron chi connectivity index (χ4n) is 0.604. The third kappa shape index (κ3) is 4.07. The van der Waals surface area contributed by atoms with Gasteiger partial charge in [0.1, 0.15) is 0 Å². The van der Waals surface area contributed by atoms with Crippen molar-refractivity contribution in [3.05, 3.63) is 30.3 Å². The van der Waals surface area contributed by atoms with E-state index < -0.39 is 5.05 Å². The first-order valence-corrected chi connectivity index (χ1v) is 7.76. The molecule has 0 fully saturated rings. The lowest BCUT2D eigenvalue weighted by Crippen LogP contribution is -1.63. The molecule has 60 valence electrons. The van der Waals surface area contributed by atoms with Gasteiger partial charge in [0, 0.05) is 4.90 Å². The second-order valence-electron chi connectivity index (χ2n) is 1.82. The van der Waals surface area contributed by atoms with Crippen LogP contribution in [0.3, 0.4) is 0 Å². The van der Waals surface area contributed by atoms with Gasteiger partial charge in [0.05, 0.1) is 0 Å². The summed E-state index contributed by atoms with van der Waals surface area (Å²) in [7, 11) is 0. The second-order valence-corrected chi connectivity index (χ2v) is 9.97. The average Bonchev–Trinajstić information content (AvgIpc) is 1.85. The quantitative estimate of drug-likeness (QED) is 0.698. The fraction of sp³-hybridized carbons (Fsp3) is 0. The van der Waals surface area contributed by atoms with Crippen molar-refractivity contribution in [3.8, 4) is 0 Å². The van der Waals surface area contributed by atoms with E-state index in [0.717, 1.165) is 16.3 Å². The van der Waals surface area contributed by atoms with Crippen molar-refractivity contribution in [1.82, 2.24) is 0 Å². The summed E-state index contributed by atoms with van der Waals surface area (Å²) in [5, 5.41) is -3.03. The topological polar surface area (TPSA) is 17.1 Å². The van der Waals surface area contributed by atoms with Gasteiger partial charge in [0.2, 0.25) is 0 Å². The van der Waals surface area contributed by atoms with Gasteiger partial charge in [-0.2, -0.15) is 0 Å². The summed E-state index contributed by atoms with van der Waals surface area (Å²) in [6.45, 7) is 0. The molecule has 0 saturated heterocycles. The van der Waals surface area contributed by atoms with Crippen molar-refractivity contribution in [2.45, 2.75) is 4.90 Å². The lowest BCUT2D eigenvalue weighted by Gasteiger charge is -1.99. The van der Waals surface area contributed by atoms with Crippen LogP contribution in [0.15, 0.2) is 35.2 Å². The van der Waals surface area contributed by atoms with Crippen molar-refractivity contribution in [1.29, 1.82) is 0 Å². The minimum absolute atomic E-state index is 0.820.